The molecule has 0 aliphatic rings. The molecule has 0 amide bonds. The largest absolute Gasteiger partial charge is 0.508 e. The SMILES string of the molecule is CC(C=O)c1ccc(O)cc1F. The zero-order chi connectivity index (χ0) is 9.14. The van der Waals surface area contributed by atoms with Crippen LogP contribution in [0.5, 0.6) is 5.75 Å². The molecule has 0 heterocycles. The number of carbonyl (C=O) groups excluding carboxylic acids is 1. The predicted octanol–water partition coefficient (Wildman–Crippen LogP) is 1.83. The zero-order valence-corrected chi connectivity index (χ0v) is 6.62. The highest BCUT2D eigenvalue weighted by molar-refractivity contribution is 5.61. The summed E-state index contributed by atoms with van der Waals surface area (Å²) in [4.78, 5) is 10.3. The molecular formula is C9H9FO2. The van der Waals surface area contributed by atoms with Crippen LogP contribution in [0.15, 0.2) is 18.2 Å². The molecule has 2 nitrogen and oxygen atoms in total. The first-order valence-corrected chi connectivity index (χ1v) is 3.59. The minimum Gasteiger partial charge on any atom is -0.508 e. The van der Waals surface area contributed by atoms with Crippen molar-refractivity contribution in [2.75, 3.05) is 0 Å². The van der Waals surface area contributed by atoms with Crippen LogP contribution in [0.1, 0.15) is 18.4 Å². The highest BCUT2D eigenvalue weighted by Crippen LogP contribution is 2.20. The van der Waals surface area contributed by atoms with Crippen LogP contribution in [0.3, 0.4) is 0 Å². The second-order valence-electron chi connectivity index (χ2n) is 2.63. The molecule has 3 heteroatoms. The molecule has 1 aromatic rings. The summed E-state index contributed by atoms with van der Waals surface area (Å²) in [7, 11) is 0. The van der Waals surface area contributed by atoms with Crippen molar-refractivity contribution in [2.24, 2.45) is 0 Å². The smallest absolute Gasteiger partial charge is 0.130 e. The van der Waals surface area contributed by atoms with Crippen LogP contribution < -0.4 is 0 Å². The molecule has 12 heavy (non-hydrogen) atoms. The number of phenols is 1. The fraction of sp³-hybridized carbons (Fsp3) is 0.222. The van der Waals surface area contributed by atoms with Gasteiger partial charge in [0.1, 0.15) is 17.9 Å². The Kier molecular flexibility index (Phi) is 2.43. The van der Waals surface area contributed by atoms with E-state index in [0.29, 0.717) is 11.8 Å². The molecule has 0 radical (unpaired) electrons. The summed E-state index contributed by atoms with van der Waals surface area (Å²) in [5, 5.41) is 8.86. The molecule has 0 saturated heterocycles. The molecular weight excluding hydrogens is 159 g/mol. The fourth-order valence-corrected chi connectivity index (χ4v) is 0.959. The summed E-state index contributed by atoms with van der Waals surface area (Å²) < 4.78 is 13.0. The molecule has 0 aromatic heterocycles. The second-order valence-corrected chi connectivity index (χ2v) is 2.63. The number of aromatic hydroxyl groups is 1. The Labute approximate surface area is 69.6 Å². The first-order chi connectivity index (χ1) is 5.65. The Morgan fingerprint density at radius 2 is 2.25 bits per heavy atom. The molecule has 0 fully saturated rings. The maximum atomic E-state index is 13.0. The van der Waals surface area contributed by atoms with Crippen LogP contribution in [0.25, 0.3) is 0 Å². The van der Waals surface area contributed by atoms with E-state index in [1.807, 2.05) is 0 Å². The molecule has 1 unspecified atom stereocenters. The van der Waals surface area contributed by atoms with Gasteiger partial charge in [0.15, 0.2) is 0 Å². The van der Waals surface area contributed by atoms with Gasteiger partial charge in [-0.15, -0.1) is 0 Å². The Morgan fingerprint density at radius 1 is 1.58 bits per heavy atom. The third kappa shape index (κ3) is 1.61. The Balaban J connectivity index is 3.09. The van der Waals surface area contributed by atoms with Crippen molar-refractivity contribution in [3.8, 4) is 5.75 Å². The quantitative estimate of drug-likeness (QED) is 0.684. The van der Waals surface area contributed by atoms with Gasteiger partial charge in [0, 0.05) is 12.0 Å². The van der Waals surface area contributed by atoms with Gasteiger partial charge in [-0.25, -0.2) is 4.39 Å². The van der Waals surface area contributed by atoms with Gasteiger partial charge < -0.3 is 9.90 Å². The summed E-state index contributed by atoms with van der Waals surface area (Å²) >= 11 is 0. The number of rotatable bonds is 2. The van der Waals surface area contributed by atoms with E-state index in [1.165, 1.54) is 12.1 Å². The number of hydrogen-bond donors (Lipinski definition) is 1. The van der Waals surface area contributed by atoms with Crippen molar-refractivity contribution in [1.82, 2.24) is 0 Å². The van der Waals surface area contributed by atoms with E-state index in [1.54, 1.807) is 6.92 Å². The summed E-state index contributed by atoms with van der Waals surface area (Å²) in [5.41, 5.74) is 0.308. The van der Waals surface area contributed by atoms with Crippen molar-refractivity contribution < 1.29 is 14.3 Å². The number of carbonyl (C=O) groups is 1. The van der Waals surface area contributed by atoms with Crippen molar-refractivity contribution in [3.63, 3.8) is 0 Å². The number of hydrogen-bond acceptors (Lipinski definition) is 2. The van der Waals surface area contributed by atoms with Gasteiger partial charge in [0.05, 0.1) is 0 Å². The van der Waals surface area contributed by atoms with Crippen LogP contribution in [-0.4, -0.2) is 11.4 Å². The maximum absolute atomic E-state index is 13.0. The van der Waals surface area contributed by atoms with Crippen LogP contribution in [0.4, 0.5) is 4.39 Å². The topological polar surface area (TPSA) is 37.3 Å². The molecule has 0 saturated carbocycles. The second kappa shape index (κ2) is 3.34. The molecule has 0 aliphatic carbocycles. The van der Waals surface area contributed by atoms with Crippen molar-refractivity contribution in [2.45, 2.75) is 12.8 Å². The highest BCUT2D eigenvalue weighted by atomic mass is 19.1. The van der Waals surface area contributed by atoms with E-state index in [9.17, 15) is 9.18 Å². The standard InChI is InChI=1S/C9H9FO2/c1-6(5-11)8-3-2-7(12)4-9(8)10/h2-6,12H,1H3. The van der Waals surface area contributed by atoms with Gasteiger partial charge in [0.25, 0.3) is 0 Å². The summed E-state index contributed by atoms with van der Waals surface area (Å²) in [5.74, 6) is -1.14. The van der Waals surface area contributed by atoms with Crippen LogP contribution in [-0.2, 0) is 4.79 Å². The third-order valence-electron chi connectivity index (χ3n) is 1.68. The molecule has 0 aliphatic heterocycles. The average Bonchev–Trinajstić information content (AvgIpc) is 2.03. The number of halogens is 1. The summed E-state index contributed by atoms with van der Waals surface area (Å²) in [6.45, 7) is 1.60. The molecule has 1 rings (SSSR count). The third-order valence-corrected chi connectivity index (χ3v) is 1.68. The lowest BCUT2D eigenvalue weighted by Gasteiger charge is -2.04. The molecule has 0 spiro atoms. The normalized spacial score (nSPS) is 12.5. The van der Waals surface area contributed by atoms with Crippen LogP contribution >= 0.6 is 0 Å². The summed E-state index contributed by atoms with van der Waals surface area (Å²) in [6.07, 6.45) is 0.662. The Morgan fingerprint density at radius 3 is 2.75 bits per heavy atom. The summed E-state index contributed by atoms with van der Waals surface area (Å²) in [6, 6.07) is 3.76. The maximum Gasteiger partial charge on any atom is 0.130 e. The molecule has 0 bridgehead atoms. The van der Waals surface area contributed by atoms with Gasteiger partial charge in [-0.05, 0) is 11.6 Å². The van der Waals surface area contributed by atoms with Crippen molar-refractivity contribution in [3.05, 3.63) is 29.6 Å². The fourth-order valence-electron chi connectivity index (χ4n) is 0.959. The van der Waals surface area contributed by atoms with Crippen LogP contribution in [0, 0.1) is 5.82 Å². The average molecular weight is 168 g/mol. The van der Waals surface area contributed by atoms with Gasteiger partial charge in [-0.3, -0.25) is 0 Å². The van der Waals surface area contributed by atoms with E-state index < -0.39 is 11.7 Å². The van der Waals surface area contributed by atoms with E-state index in [0.717, 1.165) is 6.07 Å². The number of aldehydes is 1. The zero-order valence-electron chi connectivity index (χ0n) is 6.62. The monoisotopic (exact) mass is 168 g/mol. The van der Waals surface area contributed by atoms with Crippen molar-refractivity contribution in [1.29, 1.82) is 0 Å². The number of benzene rings is 1. The lowest BCUT2D eigenvalue weighted by Crippen LogP contribution is -1.97. The van der Waals surface area contributed by atoms with E-state index in [2.05, 4.69) is 0 Å². The Bertz CT molecular complexity index is 297. The Hall–Kier alpha value is -1.38. The van der Waals surface area contributed by atoms with Crippen molar-refractivity contribution >= 4 is 6.29 Å². The molecule has 1 atom stereocenters. The van der Waals surface area contributed by atoms with Gasteiger partial charge in [-0.1, -0.05) is 13.0 Å². The number of phenolic OH excluding ortho intramolecular Hbond substituents is 1. The van der Waals surface area contributed by atoms with Gasteiger partial charge in [0.2, 0.25) is 0 Å². The molecule has 1 aromatic carbocycles. The minimum absolute atomic E-state index is 0.130. The van der Waals surface area contributed by atoms with E-state index in [4.69, 9.17) is 5.11 Å². The lowest BCUT2D eigenvalue weighted by molar-refractivity contribution is -0.108. The predicted molar refractivity (Wildman–Crippen MR) is 42.5 cm³/mol. The highest BCUT2D eigenvalue weighted by Gasteiger charge is 2.09. The van der Waals surface area contributed by atoms with Gasteiger partial charge >= 0.3 is 0 Å². The van der Waals surface area contributed by atoms with Gasteiger partial charge in [-0.2, -0.15) is 0 Å². The first-order valence-electron chi connectivity index (χ1n) is 3.59. The first kappa shape index (κ1) is 8.71. The van der Waals surface area contributed by atoms with Crippen LogP contribution in [0.2, 0.25) is 0 Å². The molecule has 64 valence electrons. The molecule has 1 N–H and O–H groups in total. The minimum atomic E-state index is -0.547. The lowest BCUT2D eigenvalue weighted by atomic mass is 10.0. The van der Waals surface area contributed by atoms with E-state index in [-0.39, 0.29) is 5.75 Å². The van der Waals surface area contributed by atoms with E-state index >= 15 is 0 Å².